The molecule has 1 aromatic heterocycles. The Hall–Kier alpha value is -2.54. The third-order valence-corrected chi connectivity index (χ3v) is 5.67. The molecule has 1 aliphatic rings. The number of ether oxygens (including phenoxy) is 2. The van der Waals surface area contributed by atoms with Gasteiger partial charge < -0.3 is 19.2 Å². The maximum atomic E-state index is 12.9. The average Bonchev–Trinajstić information content (AvgIpc) is 3.16. The van der Waals surface area contributed by atoms with Crippen molar-refractivity contribution in [3.8, 4) is 5.75 Å². The van der Waals surface area contributed by atoms with Crippen molar-refractivity contribution < 1.29 is 23.5 Å². The number of rotatable bonds is 5. The van der Waals surface area contributed by atoms with Gasteiger partial charge in [0.25, 0.3) is 0 Å². The molecule has 0 aliphatic heterocycles. The van der Waals surface area contributed by atoms with Gasteiger partial charge in [-0.15, -0.1) is 0 Å². The number of carbonyl (C=O) groups excluding carboxylic acids is 2. The summed E-state index contributed by atoms with van der Waals surface area (Å²) in [5, 5.41) is 3.57. The van der Waals surface area contributed by atoms with Crippen molar-refractivity contribution in [3.05, 3.63) is 38.7 Å². The summed E-state index contributed by atoms with van der Waals surface area (Å²) in [6.07, 6.45) is 2.28. The highest BCUT2D eigenvalue weighted by Gasteiger charge is 2.31. The lowest BCUT2D eigenvalue weighted by Crippen LogP contribution is -2.48. The average molecular weight is 450 g/mol. The Bertz CT molecular complexity index is 1070. The summed E-state index contributed by atoms with van der Waals surface area (Å²) in [5.41, 5.74) is 0.872. The number of amides is 1. The molecule has 0 spiro atoms. The number of benzene rings is 1. The lowest BCUT2D eigenvalue weighted by atomic mass is 9.99. The number of alkyl carbamates (subject to hydrolysis) is 1. The minimum atomic E-state index is -0.932. The van der Waals surface area contributed by atoms with Crippen molar-refractivity contribution in [2.75, 3.05) is 0 Å². The monoisotopic (exact) mass is 449 g/mol. The minimum absolute atomic E-state index is 0.0690. The molecule has 3 rings (SSSR count). The highest BCUT2D eigenvalue weighted by Crippen LogP contribution is 2.35. The second-order valence-corrected chi connectivity index (χ2v) is 9.32. The van der Waals surface area contributed by atoms with Gasteiger partial charge in [0.2, 0.25) is 0 Å². The van der Waals surface area contributed by atoms with E-state index in [0.29, 0.717) is 24.0 Å². The van der Waals surface area contributed by atoms with Gasteiger partial charge in [0.15, 0.2) is 5.75 Å². The molecule has 7 nitrogen and oxygen atoms in total. The lowest BCUT2D eigenvalue weighted by Gasteiger charge is -2.25. The topological polar surface area (TPSA) is 94.8 Å². The molecule has 1 heterocycles. The van der Waals surface area contributed by atoms with E-state index in [9.17, 15) is 14.4 Å². The SMILES string of the molecule is CC[C@H](C)[C@H](NC(=O)OC(C)(C)C)C(=O)Oc1cc2oc(=O)c3c(c2cc1Cl)CCC3. The summed E-state index contributed by atoms with van der Waals surface area (Å²) in [7, 11) is 0. The first-order valence-electron chi connectivity index (χ1n) is 10.5. The van der Waals surface area contributed by atoms with E-state index in [2.05, 4.69) is 5.32 Å². The first kappa shape index (κ1) is 23.1. The van der Waals surface area contributed by atoms with Gasteiger partial charge in [-0.3, -0.25) is 0 Å². The minimum Gasteiger partial charge on any atom is -0.444 e. The van der Waals surface area contributed by atoms with Gasteiger partial charge in [-0.05, 0) is 57.6 Å². The predicted octanol–water partition coefficient (Wildman–Crippen LogP) is 4.78. The van der Waals surface area contributed by atoms with Crippen molar-refractivity contribution in [3.63, 3.8) is 0 Å². The number of aryl methyl sites for hydroxylation is 1. The fourth-order valence-corrected chi connectivity index (χ4v) is 3.84. The molecule has 0 bridgehead atoms. The zero-order valence-electron chi connectivity index (χ0n) is 18.5. The maximum absolute atomic E-state index is 12.9. The van der Waals surface area contributed by atoms with E-state index in [1.54, 1.807) is 26.8 Å². The second kappa shape index (κ2) is 8.91. The van der Waals surface area contributed by atoms with E-state index in [1.807, 2.05) is 13.8 Å². The highest BCUT2D eigenvalue weighted by molar-refractivity contribution is 6.33. The van der Waals surface area contributed by atoms with E-state index in [1.165, 1.54) is 6.07 Å². The zero-order chi connectivity index (χ0) is 22.9. The van der Waals surface area contributed by atoms with Gasteiger partial charge in [0.05, 0.1) is 5.02 Å². The molecular formula is C23H28ClNO6. The van der Waals surface area contributed by atoms with Crippen LogP contribution < -0.4 is 15.7 Å². The van der Waals surface area contributed by atoms with E-state index < -0.39 is 23.7 Å². The van der Waals surface area contributed by atoms with Gasteiger partial charge in [0.1, 0.15) is 17.2 Å². The predicted molar refractivity (Wildman–Crippen MR) is 118 cm³/mol. The number of carbonyl (C=O) groups is 2. The van der Waals surface area contributed by atoms with Crippen molar-refractivity contribution in [1.29, 1.82) is 0 Å². The molecule has 31 heavy (non-hydrogen) atoms. The molecule has 1 N–H and O–H groups in total. The van der Waals surface area contributed by atoms with Gasteiger partial charge in [-0.25, -0.2) is 14.4 Å². The standard InChI is InChI=1S/C23H28ClNO6/c1-6-12(2)19(25-22(28)31-23(3,4)5)21(27)30-18-11-17-15(10-16(18)24)13-8-7-9-14(13)20(26)29-17/h10-12,19H,6-9H2,1-5H3,(H,25,28)/t12-,19-/m0/s1. The van der Waals surface area contributed by atoms with Crippen LogP contribution in [0, 0.1) is 5.92 Å². The second-order valence-electron chi connectivity index (χ2n) is 8.91. The van der Waals surface area contributed by atoms with E-state index >= 15 is 0 Å². The van der Waals surface area contributed by atoms with E-state index in [4.69, 9.17) is 25.5 Å². The summed E-state index contributed by atoms with van der Waals surface area (Å²) >= 11 is 6.39. The molecule has 8 heteroatoms. The quantitative estimate of drug-likeness (QED) is 0.401. The first-order chi connectivity index (χ1) is 14.5. The fourth-order valence-electron chi connectivity index (χ4n) is 3.64. The van der Waals surface area contributed by atoms with Crippen LogP contribution in [0.15, 0.2) is 21.3 Å². The van der Waals surface area contributed by atoms with Crippen molar-refractivity contribution in [1.82, 2.24) is 5.32 Å². The van der Waals surface area contributed by atoms with E-state index in [-0.39, 0.29) is 22.3 Å². The van der Waals surface area contributed by atoms with Crippen LogP contribution >= 0.6 is 11.6 Å². The summed E-state index contributed by atoms with van der Waals surface area (Å²) in [5.74, 6) is -0.815. The summed E-state index contributed by atoms with van der Waals surface area (Å²) in [6, 6.07) is 2.18. The zero-order valence-corrected chi connectivity index (χ0v) is 19.2. The molecule has 1 aliphatic carbocycles. The van der Waals surface area contributed by atoms with Crippen LogP contribution in [0.1, 0.15) is 58.6 Å². The van der Waals surface area contributed by atoms with Crippen molar-refractivity contribution in [2.45, 2.75) is 71.9 Å². The molecule has 168 valence electrons. The van der Waals surface area contributed by atoms with Crippen molar-refractivity contribution in [2.24, 2.45) is 5.92 Å². The number of esters is 1. The van der Waals surface area contributed by atoms with Crippen LogP contribution in [0.2, 0.25) is 5.02 Å². The largest absolute Gasteiger partial charge is 0.444 e. The van der Waals surface area contributed by atoms with Gasteiger partial charge in [-0.1, -0.05) is 31.9 Å². The number of hydrogen-bond donors (Lipinski definition) is 1. The van der Waals surface area contributed by atoms with Crippen LogP contribution in [0.3, 0.4) is 0 Å². The van der Waals surface area contributed by atoms with Crippen LogP contribution in [-0.2, 0) is 22.4 Å². The molecule has 0 saturated carbocycles. The molecule has 0 radical (unpaired) electrons. The Kier molecular flexibility index (Phi) is 6.65. The lowest BCUT2D eigenvalue weighted by molar-refractivity contribution is -0.138. The van der Waals surface area contributed by atoms with Crippen LogP contribution in [0.5, 0.6) is 5.75 Å². The Morgan fingerprint density at radius 3 is 2.55 bits per heavy atom. The fraction of sp³-hybridized carbons (Fsp3) is 0.522. The smallest absolute Gasteiger partial charge is 0.408 e. The Balaban J connectivity index is 1.87. The summed E-state index contributed by atoms with van der Waals surface area (Å²) in [6.45, 7) is 8.95. The Morgan fingerprint density at radius 1 is 1.23 bits per heavy atom. The molecule has 2 atom stereocenters. The first-order valence-corrected chi connectivity index (χ1v) is 10.9. The number of fused-ring (bicyclic) bond motifs is 3. The molecule has 0 unspecified atom stereocenters. The van der Waals surface area contributed by atoms with Crippen LogP contribution in [0.4, 0.5) is 4.79 Å². The van der Waals surface area contributed by atoms with Crippen LogP contribution in [-0.4, -0.2) is 23.7 Å². The molecule has 1 amide bonds. The van der Waals surface area contributed by atoms with Gasteiger partial charge in [0, 0.05) is 17.0 Å². The number of halogens is 1. The van der Waals surface area contributed by atoms with Crippen LogP contribution in [0.25, 0.3) is 11.0 Å². The molecular weight excluding hydrogens is 422 g/mol. The molecule has 0 fully saturated rings. The third kappa shape index (κ3) is 5.21. The maximum Gasteiger partial charge on any atom is 0.408 e. The third-order valence-electron chi connectivity index (χ3n) is 5.38. The molecule has 2 aromatic rings. The number of hydrogen-bond acceptors (Lipinski definition) is 6. The summed E-state index contributed by atoms with van der Waals surface area (Å²) in [4.78, 5) is 37.4. The normalized spacial score (nSPS) is 15.3. The van der Waals surface area contributed by atoms with Gasteiger partial charge >= 0.3 is 17.7 Å². The van der Waals surface area contributed by atoms with Gasteiger partial charge in [-0.2, -0.15) is 0 Å². The Morgan fingerprint density at radius 2 is 1.90 bits per heavy atom. The molecule has 1 aromatic carbocycles. The van der Waals surface area contributed by atoms with E-state index in [0.717, 1.165) is 23.8 Å². The van der Waals surface area contributed by atoms with Crippen molar-refractivity contribution >= 4 is 34.6 Å². The Labute approximate surface area is 186 Å². The molecule has 0 saturated heterocycles. The highest BCUT2D eigenvalue weighted by atomic mass is 35.5. The number of nitrogens with one attached hydrogen (secondary N) is 1. The summed E-state index contributed by atoms with van der Waals surface area (Å²) < 4.78 is 16.2.